The normalized spacial score (nSPS) is 17.4. The second-order valence-electron chi connectivity index (χ2n) is 2.55. The Kier molecular flexibility index (Phi) is 2.45. The zero-order valence-corrected chi connectivity index (χ0v) is 5.91. The van der Waals surface area contributed by atoms with Crippen LogP contribution in [0.3, 0.4) is 0 Å². The summed E-state index contributed by atoms with van der Waals surface area (Å²) in [6, 6.07) is 2.85. The average molecular weight is 123 g/mol. The summed E-state index contributed by atoms with van der Waals surface area (Å²) in [7, 11) is 0. The molecule has 0 aliphatic heterocycles. The minimum absolute atomic E-state index is 0.922. The Balaban J connectivity index is 1.95. The van der Waals surface area contributed by atoms with Crippen LogP contribution >= 0.6 is 0 Å². The maximum absolute atomic E-state index is 3.08. The molecule has 9 heavy (non-hydrogen) atoms. The van der Waals surface area contributed by atoms with Crippen LogP contribution in [0.5, 0.6) is 0 Å². The van der Waals surface area contributed by atoms with Crippen LogP contribution in [0, 0.1) is 17.9 Å². The van der Waals surface area contributed by atoms with Gasteiger partial charge in [-0.1, -0.05) is 12.3 Å². The molecule has 1 nitrogen and oxygen atoms in total. The van der Waals surface area contributed by atoms with E-state index in [1.807, 2.05) is 6.92 Å². The molecule has 1 rings (SSSR count). The summed E-state index contributed by atoms with van der Waals surface area (Å²) < 4.78 is 0. The standard InChI is InChI=1S/C8H13N/c1-2-6-9-7-8-4-3-5-8/h8-9H,3-5,7H2,1H3. The minimum Gasteiger partial charge on any atom is -0.346 e. The maximum atomic E-state index is 3.08. The van der Waals surface area contributed by atoms with Gasteiger partial charge in [0.1, 0.15) is 0 Å². The van der Waals surface area contributed by atoms with E-state index < -0.39 is 0 Å². The van der Waals surface area contributed by atoms with Crippen molar-refractivity contribution < 1.29 is 0 Å². The summed E-state index contributed by atoms with van der Waals surface area (Å²) in [6.07, 6.45) is 4.22. The zero-order chi connectivity index (χ0) is 6.53. The molecule has 0 saturated heterocycles. The lowest BCUT2D eigenvalue weighted by Gasteiger charge is -2.24. The third-order valence-electron chi connectivity index (χ3n) is 1.83. The molecule has 0 aromatic rings. The lowest BCUT2D eigenvalue weighted by Crippen LogP contribution is -2.23. The molecular formula is C8H13N. The highest BCUT2D eigenvalue weighted by molar-refractivity contribution is 4.93. The summed E-state index contributed by atoms with van der Waals surface area (Å²) in [5.74, 6) is 3.73. The molecule has 50 valence electrons. The fourth-order valence-corrected chi connectivity index (χ4v) is 0.981. The SMILES string of the molecule is CC#CNCC1CCC1. The number of hydrogen-bond donors (Lipinski definition) is 1. The van der Waals surface area contributed by atoms with Gasteiger partial charge in [0.2, 0.25) is 0 Å². The van der Waals surface area contributed by atoms with Crippen LogP contribution in [0.25, 0.3) is 0 Å². The van der Waals surface area contributed by atoms with Gasteiger partial charge in [-0.2, -0.15) is 0 Å². The minimum atomic E-state index is 0.922. The predicted octanol–water partition coefficient (Wildman–Crippen LogP) is 1.36. The van der Waals surface area contributed by atoms with E-state index in [1.54, 1.807) is 0 Å². The smallest absolute Gasteiger partial charge is 0.0257 e. The second kappa shape index (κ2) is 3.40. The molecule has 0 amide bonds. The predicted molar refractivity (Wildman–Crippen MR) is 38.8 cm³/mol. The molecule has 0 heterocycles. The van der Waals surface area contributed by atoms with Crippen molar-refractivity contribution in [1.29, 1.82) is 0 Å². The Morgan fingerprint density at radius 1 is 1.56 bits per heavy atom. The Hall–Kier alpha value is -0.640. The van der Waals surface area contributed by atoms with Crippen molar-refractivity contribution in [3.63, 3.8) is 0 Å². The van der Waals surface area contributed by atoms with E-state index in [9.17, 15) is 0 Å². The molecule has 0 unspecified atom stereocenters. The molecule has 1 N–H and O–H groups in total. The van der Waals surface area contributed by atoms with Gasteiger partial charge in [0.05, 0.1) is 0 Å². The fraction of sp³-hybridized carbons (Fsp3) is 0.750. The third-order valence-corrected chi connectivity index (χ3v) is 1.83. The van der Waals surface area contributed by atoms with Crippen LogP contribution in [-0.2, 0) is 0 Å². The molecule has 0 aromatic heterocycles. The largest absolute Gasteiger partial charge is 0.346 e. The Morgan fingerprint density at radius 2 is 2.33 bits per heavy atom. The Labute approximate surface area is 56.8 Å². The van der Waals surface area contributed by atoms with E-state index >= 15 is 0 Å². The van der Waals surface area contributed by atoms with E-state index in [1.165, 1.54) is 19.3 Å². The van der Waals surface area contributed by atoms with Crippen molar-refractivity contribution in [3.8, 4) is 12.0 Å². The van der Waals surface area contributed by atoms with Crippen LogP contribution in [0.1, 0.15) is 26.2 Å². The molecule has 1 saturated carbocycles. The van der Waals surface area contributed by atoms with Crippen LogP contribution in [0.4, 0.5) is 0 Å². The van der Waals surface area contributed by atoms with Gasteiger partial charge in [-0.25, -0.2) is 0 Å². The molecule has 0 radical (unpaired) electrons. The second-order valence-corrected chi connectivity index (χ2v) is 2.55. The highest BCUT2D eigenvalue weighted by atomic mass is 14.8. The van der Waals surface area contributed by atoms with Crippen molar-refractivity contribution in [2.45, 2.75) is 26.2 Å². The Morgan fingerprint density at radius 3 is 2.78 bits per heavy atom. The van der Waals surface area contributed by atoms with Crippen molar-refractivity contribution >= 4 is 0 Å². The lowest BCUT2D eigenvalue weighted by molar-refractivity contribution is 0.314. The van der Waals surface area contributed by atoms with Crippen LogP contribution < -0.4 is 5.32 Å². The molecule has 1 aliphatic carbocycles. The van der Waals surface area contributed by atoms with Gasteiger partial charge in [0.25, 0.3) is 0 Å². The summed E-state index contributed by atoms with van der Waals surface area (Å²) in [5, 5.41) is 3.08. The van der Waals surface area contributed by atoms with Crippen molar-refractivity contribution in [3.05, 3.63) is 0 Å². The van der Waals surface area contributed by atoms with Crippen molar-refractivity contribution in [1.82, 2.24) is 5.32 Å². The van der Waals surface area contributed by atoms with Gasteiger partial charge in [0, 0.05) is 12.6 Å². The topological polar surface area (TPSA) is 12.0 Å². The fourth-order valence-electron chi connectivity index (χ4n) is 0.981. The molecule has 0 aromatic carbocycles. The molecule has 1 fully saturated rings. The molecule has 1 heteroatoms. The summed E-state index contributed by atoms with van der Waals surface area (Å²) in [6.45, 7) is 2.95. The van der Waals surface area contributed by atoms with Gasteiger partial charge < -0.3 is 5.32 Å². The summed E-state index contributed by atoms with van der Waals surface area (Å²) in [4.78, 5) is 0. The maximum Gasteiger partial charge on any atom is 0.0257 e. The van der Waals surface area contributed by atoms with Crippen molar-refractivity contribution in [2.24, 2.45) is 5.92 Å². The molecule has 1 aliphatic rings. The van der Waals surface area contributed by atoms with E-state index in [0.29, 0.717) is 0 Å². The average Bonchev–Trinajstić information content (AvgIpc) is 1.76. The van der Waals surface area contributed by atoms with Crippen LogP contribution in [0.2, 0.25) is 0 Å². The van der Waals surface area contributed by atoms with Crippen LogP contribution in [0.15, 0.2) is 0 Å². The Bertz CT molecular complexity index is 125. The number of hydrogen-bond acceptors (Lipinski definition) is 1. The lowest BCUT2D eigenvalue weighted by atomic mass is 9.86. The van der Waals surface area contributed by atoms with Gasteiger partial charge >= 0.3 is 0 Å². The first-order chi connectivity index (χ1) is 4.43. The molecular weight excluding hydrogens is 110 g/mol. The van der Waals surface area contributed by atoms with Gasteiger partial charge in [-0.05, 0) is 25.7 Å². The molecule has 0 spiro atoms. The molecule has 0 atom stereocenters. The van der Waals surface area contributed by atoms with Gasteiger partial charge in [-0.15, -0.1) is 0 Å². The van der Waals surface area contributed by atoms with Crippen molar-refractivity contribution in [2.75, 3.05) is 6.54 Å². The first-order valence-electron chi connectivity index (χ1n) is 3.58. The summed E-state index contributed by atoms with van der Waals surface area (Å²) in [5.41, 5.74) is 0. The highest BCUT2D eigenvalue weighted by Crippen LogP contribution is 2.24. The first kappa shape index (κ1) is 6.48. The zero-order valence-electron chi connectivity index (χ0n) is 5.91. The van der Waals surface area contributed by atoms with Crippen LogP contribution in [-0.4, -0.2) is 6.54 Å². The third kappa shape index (κ3) is 1.97. The van der Waals surface area contributed by atoms with E-state index in [2.05, 4.69) is 17.3 Å². The van der Waals surface area contributed by atoms with E-state index in [0.717, 1.165) is 12.5 Å². The van der Waals surface area contributed by atoms with Gasteiger partial charge in [0.15, 0.2) is 0 Å². The van der Waals surface area contributed by atoms with E-state index in [-0.39, 0.29) is 0 Å². The number of rotatable bonds is 2. The summed E-state index contributed by atoms with van der Waals surface area (Å²) >= 11 is 0. The highest BCUT2D eigenvalue weighted by Gasteiger charge is 2.15. The van der Waals surface area contributed by atoms with Gasteiger partial charge in [-0.3, -0.25) is 0 Å². The van der Waals surface area contributed by atoms with E-state index in [4.69, 9.17) is 0 Å². The molecule has 0 bridgehead atoms. The quantitative estimate of drug-likeness (QED) is 0.432. The monoisotopic (exact) mass is 123 g/mol. The first-order valence-corrected chi connectivity index (χ1v) is 3.58. The number of nitrogens with one attached hydrogen (secondary N) is 1.